The molecule has 0 spiro atoms. The fourth-order valence-corrected chi connectivity index (χ4v) is 2.02. The molecule has 0 fully saturated rings. The third-order valence-electron chi connectivity index (χ3n) is 2.11. The van der Waals surface area contributed by atoms with Gasteiger partial charge in [-0.3, -0.25) is 0 Å². The van der Waals surface area contributed by atoms with Crippen LogP contribution in [0.15, 0.2) is 12.1 Å². The van der Waals surface area contributed by atoms with Gasteiger partial charge in [0.2, 0.25) is 5.01 Å². The van der Waals surface area contributed by atoms with E-state index in [1.165, 1.54) is 0 Å². The van der Waals surface area contributed by atoms with E-state index in [1.807, 2.05) is 0 Å². The molecule has 100 valence electrons. The van der Waals surface area contributed by atoms with E-state index >= 15 is 0 Å². The van der Waals surface area contributed by atoms with Crippen molar-refractivity contribution in [1.82, 2.24) is 10.2 Å². The summed E-state index contributed by atoms with van der Waals surface area (Å²) in [6.45, 7) is 1.80. The number of esters is 1. The summed E-state index contributed by atoms with van der Waals surface area (Å²) < 4.78 is 43.6. The van der Waals surface area contributed by atoms with Crippen molar-refractivity contribution in [2.75, 3.05) is 6.61 Å². The number of aromatic nitrogens is 2. The molecule has 1 aromatic carbocycles. The number of rotatable bonds is 3. The zero-order valence-corrected chi connectivity index (χ0v) is 10.4. The summed E-state index contributed by atoms with van der Waals surface area (Å²) >= 11 is 0.805. The Kier molecular flexibility index (Phi) is 3.79. The third kappa shape index (κ3) is 2.73. The summed E-state index contributed by atoms with van der Waals surface area (Å²) in [4.78, 5) is 11.4. The van der Waals surface area contributed by atoms with Crippen molar-refractivity contribution in [2.45, 2.75) is 6.92 Å². The van der Waals surface area contributed by atoms with Gasteiger partial charge in [-0.2, -0.15) is 0 Å². The quantitative estimate of drug-likeness (QED) is 0.643. The molecule has 0 amide bonds. The Labute approximate surface area is 109 Å². The third-order valence-corrected chi connectivity index (χ3v) is 3.06. The normalized spacial score (nSPS) is 10.5. The van der Waals surface area contributed by atoms with Gasteiger partial charge in [0.1, 0.15) is 5.01 Å². The topological polar surface area (TPSA) is 52.1 Å². The van der Waals surface area contributed by atoms with Gasteiger partial charge in [-0.1, -0.05) is 11.3 Å². The Bertz CT molecular complexity index is 607. The molecular weight excluding hydrogens is 281 g/mol. The second-order valence-electron chi connectivity index (χ2n) is 3.39. The largest absolute Gasteiger partial charge is 0.461 e. The lowest BCUT2D eigenvalue weighted by atomic mass is 10.2. The number of hydrogen-bond donors (Lipinski definition) is 0. The summed E-state index contributed by atoms with van der Waals surface area (Å²) in [5.74, 6) is -4.89. The first-order valence-corrected chi connectivity index (χ1v) is 6.00. The van der Waals surface area contributed by atoms with Gasteiger partial charge in [0.25, 0.3) is 0 Å². The highest BCUT2D eigenvalue weighted by atomic mass is 32.1. The van der Waals surface area contributed by atoms with Crippen molar-refractivity contribution < 1.29 is 22.7 Å². The predicted octanol–water partition coefficient (Wildman–Crippen LogP) is 2.80. The molecule has 2 rings (SSSR count). The monoisotopic (exact) mass is 288 g/mol. The van der Waals surface area contributed by atoms with E-state index in [9.17, 15) is 18.0 Å². The molecular formula is C11H7F3N2O2S. The lowest BCUT2D eigenvalue weighted by molar-refractivity contribution is 0.0525. The molecule has 0 aliphatic rings. The molecule has 0 aliphatic carbocycles. The molecule has 0 saturated carbocycles. The van der Waals surface area contributed by atoms with Crippen molar-refractivity contribution in [3.8, 4) is 10.6 Å². The van der Waals surface area contributed by atoms with Crippen LogP contribution in [0.4, 0.5) is 13.2 Å². The Morgan fingerprint density at radius 1 is 1.26 bits per heavy atom. The first-order valence-electron chi connectivity index (χ1n) is 5.18. The van der Waals surface area contributed by atoms with Gasteiger partial charge in [0.05, 0.1) is 6.61 Å². The zero-order chi connectivity index (χ0) is 14.0. The molecule has 0 aliphatic heterocycles. The number of hydrogen-bond acceptors (Lipinski definition) is 5. The highest BCUT2D eigenvalue weighted by Gasteiger charge is 2.17. The first kappa shape index (κ1) is 13.5. The minimum Gasteiger partial charge on any atom is -0.461 e. The molecule has 0 bridgehead atoms. The summed E-state index contributed by atoms with van der Waals surface area (Å²) in [5.41, 5.74) is 0.00412. The van der Waals surface area contributed by atoms with Crippen molar-refractivity contribution in [1.29, 1.82) is 0 Å². The zero-order valence-electron chi connectivity index (χ0n) is 9.61. The van der Waals surface area contributed by atoms with Crippen LogP contribution in [0.5, 0.6) is 0 Å². The Balaban J connectivity index is 2.35. The highest BCUT2D eigenvalue weighted by molar-refractivity contribution is 7.16. The average molecular weight is 288 g/mol. The fourth-order valence-electron chi connectivity index (χ4n) is 1.29. The standard InChI is InChI=1S/C11H7F3N2O2S/c1-2-18-11(17)10-16-15-9(19-10)5-3-6(12)8(14)7(13)4-5/h3-4H,2H2,1H3. The van der Waals surface area contributed by atoms with E-state index in [2.05, 4.69) is 10.2 Å². The second-order valence-corrected chi connectivity index (χ2v) is 4.36. The van der Waals surface area contributed by atoms with Crippen LogP contribution in [0, 0.1) is 17.5 Å². The van der Waals surface area contributed by atoms with E-state index < -0.39 is 23.4 Å². The van der Waals surface area contributed by atoms with E-state index in [-0.39, 0.29) is 22.2 Å². The molecule has 4 nitrogen and oxygen atoms in total. The van der Waals surface area contributed by atoms with Crippen molar-refractivity contribution in [2.24, 2.45) is 0 Å². The van der Waals surface area contributed by atoms with Crippen molar-refractivity contribution >= 4 is 17.3 Å². The van der Waals surface area contributed by atoms with Crippen LogP contribution in [-0.4, -0.2) is 22.8 Å². The second kappa shape index (κ2) is 5.35. The minimum atomic E-state index is -1.56. The van der Waals surface area contributed by atoms with E-state index in [1.54, 1.807) is 6.92 Å². The molecule has 0 radical (unpaired) electrons. The molecule has 19 heavy (non-hydrogen) atoms. The first-order chi connectivity index (χ1) is 9.02. The smallest absolute Gasteiger partial charge is 0.369 e. The van der Waals surface area contributed by atoms with Crippen LogP contribution in [-0.2, 0) is 4.74 Å². The maximum Gasteiger partial charge on any atom is 0.369 e. The number of ether oxygens (including phenoxy) is 1. The Morgan fingerprint density at radius 2 is 1.89 bits per heavy atom. The highest BCUT2D eigenvalue weighted by Crippen LogP contribution is 2.26. The van der Waals surface area contributed by atoms with Gasteiger partial charge in [-0.25, -0.2) is 18.0 Å². The predicted molar refractivity (Wildman–Crippen MR) is 61.2 cm³/mol. The maximum atomic E-state index is 13.1. The number of halogens is 3. The number of carbonyl (C=O) groups excluding carboxylic acids is 1. The molecule has 0 saturated heterocycles. The van der Waals surface area contributed by atoms with Gasteiger partial charge in [0.15, 0.2) is 17.5 Å². The number of nitrogens with zero attached hydrogens (tertiary/aromatic N) is 2. The summed E-state index contributed by atoms with van der Waals surface area (Å²) in [6, 6.07) is 1.57. The van der Waals surface area contributed by atoms with E-state index in [4.69, 9.17) is 4.74 Å². The number of benzene rings is 1. The van der Waals surface area contributed by atoms with Gasteiger partial charge in [0, 0.05) is 5.56 Å². The lowest BCUT2D eigenvalue weighted by Crippen LogP contribution is -2.03. The van der Waals surface area contributed by atoms with Crippen LogP contribution >= 0.6 is 11.3 Å². The van der Waals surface area contributed by atoms with Gasteiger partial charge in [-0.05, 0) is 19.1 Å². The average Bonchev–Trinajstić information content (AvgIpc) is 2.85. The fraction of sp³-hybridized carbons (Fsp3) is 0.182. The van der Waals surface area contributed by atoms with Gasteiger partial charge >= 0.3 is 5.97 Å². The summed E-state index contributed by atoms with van der Waals surface area (Å²) in [5, 5.41) is 7.22. The van der Waals surface area contributed by atoms with Crippen molar-refractivity contribution in [3.05, 3.63) is 34.6 Å². The summed E-state index contributed by atoms with van der Waals surface area (Å²) in [6.07, 6.45) is 0. The van der Waals surface area contributed by atoms with E-state index in [0.717, 1.165) is 23.5 Å². The molecule has 0 atom stereocenters. The van der Waals surface area contributed by atoms with Crippen LogP contribution in [0.1, 0.15) is 16.7 Å². The summed E-state index contributed by atoms with van der Waals surface area (Å²) in [7, 11) is 0. The number of carbonyl (C=O) groups is 1. The molecule has 1 heterocycles. The molecule has 1 aromatic heterocycles. The van der Waals surface area contributed by atoms with Gasteiger partial charge in [-0.15, -0.1) is 10.2 Å². The maximum absolute atomic E-state index is 13.1. The van der Waals surface area contributed by atoms with Crippen molar-refractivity contribution in [3.63, 3.8) is 0 Å². The molecule has 0 N–H and O–H groups in total. The van der Waals surface area contributed by atoms with Gasteiger partial charge < -0.3 is 4.74 Å². The lowest BCUT2D eigenvalue weighted by Gasteiger charge is -1.98. The van der Waals surface area contributed by atoms with Crippen LogP contribution in [0.2, 0.25) is 0 Å². The van der Waals surface area contributed by atoms with Crippen LogP contribution in [0.25, 0.3) is 10.6 Å². The van der Waals surface area contributed by atoms with Crippen LogP contribution < -0.4 is 0 Å². The Morgan fingerprint density at radius 3 is 2.47 bits per heavy atom. The minimum absolute atomic E-state index is 0.00412. The SMILES string of the molecule is CCOC(=O)c1nnc(-c2cc(F)c(F)c(F)c2)s1. The molecule has 0 unspecified atom stereocenters. The van der Waals surface area contributed by atoms with E-state index in [0.29, 0.717) is 0 Å². The molecule has 2 aromatic rings. The Hall–Kier alpha value is -1.96. The molecule has 8 heteroatoms. The van der Waals surface area contributed by atoms with Crippen LogP contribution in [0.3, 0.4) is 0 Å².